The third-order valence-corrected chi connectivity index (χ3v) is 2.52. The highest BCUT2D eigenvalue weighted by molar-refractivity contribution is 5.21. The lowest BCUT2D eigenvalue weighted by Crippen LogP contribution is -2.26. The summed E-state index contributed by atoms with van der Waals surface area (Å²) >= 11 is 0. The molecule has 1 aromatic heterocycles. The van der Waals surface area contributed by atoms with E-state index >= 15 is 0 Å². The monoisotopic (exact) mass is 180 g/mol. The highest BCUT2D eigenvalue weighted by Crippen LogP contribution is 2.17. The van der Waals surface area contributed by atoms with Crippen molar-refractivity contribution < 1.29 is 5.21 Å². The van der Waals surface area contributed by atoms with Gasteiger partial charge in [0.05, 0.1) is 5.69 Å². The SMILES string of the molecule is Cc1nc(=O)c2c(n1O)CCCC2. The maximum absolute atomic E-state index is 11.4. The van der Waals surface area contributed by atoms with Crippen LogP contribution in [0.2, 0.25) is 0 Å². The van der Waals surface area contributed by atoms with Crippen molar-refractivity contribution in [2.24, 2.45) is 0 Å². The Labute approximate surface area is 75.8 Å². The molecule has 0 spiro atoms. The fourth-order valence-electron chi connectivity index (χ4n) is 1.81. The first-order chi connectivity index (χ1) is 6.20. The Morgan fingerprint density at radius 1 is 1.38 bits per heavy atom. The molecule has 1 aromatic rings. The van der Waals surface area contributed by atoms with E-state index in [1.54, 1.807) is 6.92 Å². The third kappa shape index (κ3) is 1.22. The van der Waals surface area contributed by atoms with Crippen molar-refractivity contribution in [1.82, 2.24) is 9.71 Å². The van der Waals surface area contributed by atoms with Gasteiger partial charge in [-0.3, -0.25) is 4.79 Å². The van der Waals surface area contributed by atoms with Crippen LogP contribution < -0.4 is 5.56 Å². The zero-order valence-corrected chi connectivity index (χ0v) is 7.58. The number of nitrogens with zero attached hydrogens (tertiary/aromatic N) is 2. The molecule has 1 heterocycles. The number of hydrogen-bond donors (Lipinski definition) is 1. The molecule has 0 unspecified atom stereocenters. The van der Waals surface area contributed by atoms with Crippen molar-refractivity contribution in [2.45, 2.75) is 32.6 Å². The van der Waals surface area contributed by atoms with Crippen LogP contribution in [-0.2, 0) is 12.8 Å². The first kappa shape index (κ1) is 8.29. The van der Waals surface area contributed by atoms with Crippen molar-refractivity contribution >= 4 is 0 Å². The van der Waals surface area contributed by atoms with Crippen LogP contribution in [0.5, 0.6) is 0 Å². The van der Waals surface area contributed by atoms with E-state index in [0.29, 0.717) is 11.4 Å². The Kier molecular flexibility index (Phi) is 1.83. The summed E-state index contributed by atoms with van der Waals surface area (Å²) in [4.78, 5) is 15.1. The van der Waals surface area contributed by atoms with Gasteiger partial charge in [-0.05, 0) is 32.6 Å². The normalized spacial score (nSPS) is 15.5. The number of aryl methyl sites for hydroxylation is 1. The lowest BCUT2D eigenvalue weighted by atomic mass is 9.97. The molecule has 70 valence electrons. The topological polar surface area (TPSA) is 55.1 Å². The quantitative estimate of drug-likeness (QED) is 0.597. The molecule has 0 atom stereocenters. The largest absolute Gasteiger partial charge is 0.427 e. The summed E-state index contributed by atoms with van der Waals surface area (Å²) in [6.45, 7) is 1.64. The summed E-state index contributed by atoms with van der Waals surface area (Å²) in [5.74, 6) is 0.380. The zero-order chi connectivity index (χ0) is 9.42. The summed E-state index contributed by atoms with van der Waals surface area (Å²) < 4.78 is 1.05. The van der Waals surface area contributed by atoms with Crippen molar-refractivity contribution in [3.63, 3.8) is 0 Å². The number of rotatable bonds is 0. The summed E-state index contributed by atoms with van der Waals surface area (Å²) in [5, 5.41) is 9.58. The van der Waals surface area contributed by atoms with E-state index in [9.17, 15) is 10.0 Å². The molecule has 13 heavy (non-hydrogen) atoms. The van der Waals surface area contributed by atoms with E-state index in [0.717, 1.165) is 36.1 Å². The van der Waals surface area contributed by atoms with Gasteiger partial charge in [-0.1, -0.05) is 0 Å². The van der Waals surface area contributed by atoms with Gasteiger partial charge < -0.3 is 5.21 Å². The maximum atomic E-state index is 11.4. The van der Waals surface area contributed by atoms with E-state index in [1.165, 1.54) is 0 Å². The molecular formula is C9H12N2O2. The van der Waals surface area contributed by atoms with E-state index in [-0.39, 0.29) is 5.56 Å². The molecule has 0 aliphatic heterocycles. The van der Waals surface area contributed by atoms with Gasteiger partial charge in [-0.2, -0.15) is 9.71 Å². The molecule has 0 saturated carbocycles. The molecule has 1 aliphatic rings. The smallest absolute Gasteiger partial charge is 0.276 e. The van der Waals surface area contributed by atoms with Crippen LogP contribution >= 0.6 is 0 Å². The minimum atomic E-state index is -0.169. The Morgan fingerprint density at radius 2 is 2.08 bits per heavy atom. The average molecular weight is 180 g/mol. The highest BCUT2D eigenvalue weighted by atomic mass is 16.5. The second-order valence-electron chi connectivity index (χ2n) is 3.41. The fourth-order valence-corrected chi connectivity index (χ4v) is 1.81. The van der Waals surface area contributed by atoms with Crippen molar-refractivity contribution in [2.75, 3.05) is 0 Å². The Morgan fingerprint density at radius 3 is 2.85 bits per heavy atom. The van der Waals surface area contributed by atoms with Crippen LogP contribution in [0.3, 0.4) is 0 Å². The van der Waals surface area contributed by atoms with Crippen LogP contribution in [0.25, 0.3) is 0 Å². The molecule has 4 nitrogen and oxygen atoms in total. The number of hydrogen-bond acceptors (Lipinski definition) is 3. The Bertz CT molecular complexity index is 395. The van der Waals surface area contributed by atoms with E-state index in [2.05, 4.69) is 4.98 Å². The summed E-state index contributed by atoms with van der Waals surface area (Å²) in [6, 6.07) is 0. The number of aromatic nitrogens is 2. The van der Waals surface area contributed by atoms with Crippen LogP contribution in [0.1, 0.15) is 29.9 Å². The van der Waals surface area contributed by atoms with Gasteiger partial charge in [-0.15, -0.1) is 0 Å². The summed E-state index contributed by atoms with van der Waals surface area (Å²) in [7, 11) is 0. The van der Waals surface area contributed by atoms with Crippen molar-refractivity contribution in [3.05, 3.63) is 27.4 Å². The minimum Gasteiger partial charge on any atom is -0.427 e. The van der Waals surface area contributed by atoms with Crippen LogP contribution in [0.15, 0.2) is 4.79 Å². The molecule has 0 fully saturated rings. The third-order valence-electron chi connectivity index (χ3n) is 2.52. The minimum absolute atomic E-state index is 0.169. The first-order valence-electron chi connectivity index (χ1n) is 4.51. The second-order valence-corrected chi connectivity index (χ2v) is 3.41. The van der Waals surface area contributed by atoms with Gasteiger partial charge >= 0.3 is 0 Å². The van der Waals surface area contributed by atoms with Gasteiger partial charge in [-0.25, -0.2) is 0 Å². The highest BCUT2D eigenvalue weighted by Gasteiger charge is 2.17. The molecule has 4 heteroatoms. The molecule has 0 radical (unpaired) electrons. The standard InChI is InChI=1S/C9H12N2O2/c1-6-10-9(12)7-4-2-3-5-8(7)11(6)13/h13H,2-5H2,1H3. The molecular weight excluding hydrogens is 168 g/mol. The first-order valence-corrected chi connectivity index (χ1v) is 4.51. The lowest BCUT2D eigenvalue weighted by Gasteiger charge is -2.17. The van der Waals surface area contributed by atoms with Gasteiger partial charge in [0.1, 0.15) is 5.82 Å². The molecule has 1 N–H and O–H groups in total. The van der Waals surface area contributed by atoms with E-state index in [4.69, 9.17) is 0 Å². The molecule has 0 saturated heterocycles. The summed E-state index contributed by atoms with van der Waals surface area (Å²) in [6.07, 6.45) is 3.59. The molecule has 0 bridgehead atoms. The Hall–Kier alpha value is -1.32. The molecule has 2 rings (SSSR count). The fraction of sp³-hybridized carbons (Fsp3) is 0.556. The van der Waals surface area contributed by atoms with Gasteiger partial charge in [0.25, 0.3) is 5.56 Å². The van der Waals surface area contributed by atoms with E-state index in [1.807, 2.05) is 0 Å². The summed E-state index contributed by atoms with van der Waals surface area (Å²) in [5.41, 5.74) is 1.28. The predicted molar refractivity (Wildman–Crippen MR) is 47.1 cm³/mol. The zero-order valence-electron chi connectivity index (χ0n) is 7.58. The maximum Gasteiger partial charge on any atom is 0.276 e. The van der Waals surface area contributed by atoms with Gasteiger partial charge in [0.15, 0.2) is 0 Å². The van der Waals surface area contributed by atoms with Gasteiger partial charge in [0.2, 0.25) is 0 Å². The van der Waals surface area contributed by atoms with Crippen LogP contribution in [0.4, 0.5) is 0 Å². The van der Waals surface area contributed by atoms with Crippen LogP contribution in [0, 0.1) is 6.92 Å². The van der Waals surface area contributed by atoms with Gasteiger partial charge in [0, 0.05) is 5.56 Å². The molecule has 1 aliphatic carbocycles. The lowest BCUT2D eigenvalue weighted by molar-refractivity contribution is 0.159. The predicted octanol–water partition coefficient (Wildman–Crippen LogP) is 0.668. The molecule has 0 aromatic carbocycles. The molecule has 0 amide bonds. The van der Waals surface area contributed by atoms with Crippen molar-refractivity contribution in [3.8, 4) is 0 Å². The Balaban J connectivity index is 2.70. The number of fused-ring (bicyclic) bond motifs is 1. The van der Waals surface area contributed by atoms with Crippen LogP contribution in [-0.4, -0.2) is 14.9 Å². The van der Waals surface area contributed by atoms with Crippen molar-refractivity contribution in [1.29, 1.82) is 0 Å². The average Bonchev–Trinajstić information content (AvgIpc) is 2.15. The van der Waals surface area contributed by atoms with E-state index < -0.39 is 0 Å². The second kappa shape index (κ2) is 2.87.